The Morgan fingerprint density at radius 3 is 2.41 bits per heavy atom. The second-order valence-corrected chi connectivity index (χ2v) is 15.5. The van der Waals surface area contributed by atoms with Crippen molar-refractivity contribution in [3.05, 3.63) is 65.2 Å². The van der Waals surface area contributed by atoms with Gasteiger partial charge in [0.25, 0.3) is 15.9 Å². The zero-order chi connectivity index (χ0) is 31.8. The highest BCUT2D eigenvalue weighted by Gasteiger charge is 2.38. The van der Waals surface area contributed by atoms with E-state index in [-0.39, 0.29) is 40.0 Å². The van der Waals surface area contributed by atoms with E-state index in [9.17, 15) is 13.2 Å². The van der Waals surface area contributed by atoms with E-state index in [0.29, 0.717) is 30.9 Å². The second-order valence-electron chi connectivity index (χ2n) is 13.8. The highest BCUT2D eigenvalue weighted by molar-refractivity contribution is 7.92. The Labute approximate surface area is 262 Å². The Bertz CT molecular complexity index is 1610. The molecule has 9 nitrogen and oxygen atoms in total. The van der Waals surface area contributed by atoms with Gasteiger partial charge in [0.05, 0.1) is 16.6 Å². The molecule has 3 heterocycles. The minimum absolute atomic E-state index is 0.0234. The molecule has 0 saturated carbocycles. The Balaban J connectivity index is 1.70. The maximum atomic E-state index is 14.2. The fourth-order valence-corrected chi connectivity index (χ4v) is 7.07. The largest absolute Gasteiger partial charge is 0.471 e. The number of anilines is 1. The summed E-state index contributed by atoms with van der Waals surface area (Å²) in [5.41, 5.74) is 3.96. The van der Waals surface area contributed by atoms with Crippen molar-refractivity contribution >= 4 is 21.9 Å². The monoisotopic (exact) mass is 619 g/mol. The number of aryl methyl sites for hydroxylation is 2. The third-order valence-electron chi connectivity index (χ3n) is 8.41. The highest BCUT2D eigenvalue weighted by Crippen LogP contribution is 2.32. The van der Waals surface area contributed by atoms with Crippen molar-refractivity contribution < 1.29 is 17.9 Å². The number of aromatic nitrogens is 2. The Hall–Kier alpha value is -3.50. The summed E-state index contributed by atoms with van der Waals surface area (Å²) in [6.07, 6.45) is 1.32. The average molecular weight is 620 g/mol. The quantitative estimate of drug-likeness (QED) is 0.377. The number of hydrogen-bond donors (Lipinski definition) is 1. The summed E-state index contributed by atoms with van der Waals surface area (Å²) in [6, 6.07) is 13.8. The number of carbonyl (C=O) groups is 1. The van der Waals surface area contributed by atoms with E-state index >= 15 is 0 Å². The van der Waals surface area contributed by atoms with Gasteiger partial charge in [0, 0.05) is 36.8 Å². The molecule has 2 atom stereocenters. The first kappa shape index (κ1) is 31.9. The first-order chi connectivity index (χ1) is 20.7. The molecule has 2 aliphatic heterocycles. The Morgan fingerprint density at radius 2 is 1.73 bits per heavy atom. The number of carbonyl (C=O) groups excluding carboxylic acids is 1. The lowest BCUT2D eigenvalue weighted by molar-refractivity contribution is 0.0418. The maximum absolute atomic E-state index is 14.2. The van der Waals surface area contributed by atoms with Crippen LogP contribution in [0.2, 0.25) is 0 Å². The van der Waals surface area contributed by atoms with Crippen molar-refractivity contribution in [1.82, 2.24) is 19.8 Å². The van der Waals surface area contributed by atoms with Gasteiger partial charge < -0.3 is 9.64 Å². The molecule has 1 amide bonds. The second kappa shape index (κ2) is 12.5. The van der Waals surface area contributed by atoms with E-state index in [0.717, 1.165) is 36.1 Å². The summed E-state index contributed by atoms with van der Waals surface area (Å²) in [5.74, 6) is 0.279. The van der Waals surface area contributed by atoms with Crippen LogP contribution in [0.3, 0.4) is 0 Å². The van der Waals surface area contributed by atoms with Crippen LogP contribution >= 0.6 is 0 Å². The summed E-state index contributed by atoms with van der Waals surface area (Å²) >= 11 is 0. The summed E-state index contributed by atoms with van der Waals surface area (Å²) in [4.78, 5) is 27.7. The zero-order valence-electron chi connectivity index (χ0n) is 26.9. The van der Waals surface area contributed by atoms with Crippen LogP contribution in [-0.4, -0.2) is 72.4 Å². The molecule has 1 saturated heterocycles. The Morgan fingerprint density at radius 1 is 1.02 bits per heavy atom. The number of nitrogens with one attached hydrogen (secondary N) is 1. The molecule has 44 heavy (non-hydrogen) atoms. The van der Waals surface area contributed by atoms with Gasteiger partial charge in [-0.15, -0.1) is 0 Å². The van der Waals surface area contributed by atoms with Gasteiger partial charge in [-0.3, -0.25) is 9.69 Å². The number of sulfonamides is 1. The summed E-state index contributed by atoms with van der Waals surface area (Å²) in [7, 11) is -4.10. The Kier molecular flexibility index (Phi) is 9.05. The molecule has 0 aliphatic carbocycles. The lowest BCUT2D eigenvalue weighted by atomic mass is 9.92. The number of hydrogen-bond acceptors (Lipinski definition) is 7. The average Bonchev–Trinajstić information content (AvgIpc) is 3.09. The highest BCUT2D eigenvalue weighted by atomic mass is 32.2. The van der Waals surface area contributed by atoms with Crippen LogP contribution in [-0.2, 0) is 10.0 Å². The van der Waals surface area contributed by atoms with Crippen LogP contribution in [0.15, 0.2) is 53.4 Å². The van der Waals surface area contributed by atoms with Crippen LogP contribution in [0, 0.1) is 25.2 Å². The molecular formula is C34H45N5O4S. The molecule has 0 unspecified atom stereocenters. The molecule has 5 rings (SSSR count). The summed E-state index contributed by atoms with van der Waals surface area (Å²) in [6.45, 7) is 17.7. The number of rotatable bonds is 5. The third kappa shape index (κ3) is 7.24. The fourth-order valence-electron chi connectivity index (χ4n) is 6.08. The SMILES string of the molecule is Cc1cccc(C)c1-c1cc2nc(n1)NS(=O)(=O)c1cccc(c1)C(=O)N1CCN(CCC(C)(C)C)C[C@H](O2)[C@H]1CC(C)C. The molecule has 3 aromatic rings. The van der Waals surface area contributed by atoms with Gasteiger partial charge in [-0.25, -0.2) is 18.1 Å². The third-order valence-corrected chi connectivity index (χ3v) is 9.73. The molecule has 236 valence electrons. The molecule has 1 fully saturated rings. The molecule has 0 radical (unpaired) electrons. The standard InChI is InChI=1S/C34H45N5O4S/c1-22(2)18-28-29-21-38(15-14-34(5,6)7)16-17-39(28)32(40)25-12-9-13-26(19-25)44(41,42)37-33-35-27(20-30(36-33)43-29)31-23(3)10-8-11-24(31)4/h8-13,19-20,22,28-29H,14-18,21H2,1-7H3,(H,35,36,37)/t28-,29+/m1/s1. The van der Waals surface area contributed by atoms with E-state index in [2.05, 4.69) is 54.2 Å². The van der Waals surface area contributed by atoms with Gasteiger partial charge in [0.1, 0.15) is 6.10 Å². The van der Waals surface area contributed by atoms with Gasteiger partial charge in [-0.2, -0.15) is 4.98 Å². The van der Waals surface area contributed by atoms with Crippen LogP contribution in [0.5, 0.6) is 5.88 Å². The van der Waals surface area contributed by atoms with E-state index in [1.165, 1.54) is 12.1 Å². The van der Waals surface area contributed by atoms with Crippen LogP contribution in [0.4, 0.5) is 5.95 Å². The fraction of sp³-hybridized carbons (Fsp3) is 0.500. The number of nitrogens with zero attached hydrogens (tertiary/aromatic N) is 4. The van der Waals surface area contributed by atoms with E-state index in [1.54, 1.807) is 18.2 Å². The van der Waals surface area contributed by atoms with Crippen molar-refractivity contribution in [1.29, 1.82) is 0 Å². The van der Waals surface area contributed by atoms with Crippen molar-refractivity contribution in [3.63, 3.8) is 0 Å². The van der Waals surface area contributed by atoms with Crippen LogP contribution in [0.25, 0.3) is 11.3 Å². The molecule has 1 N–H and O–H groups in total. The normalized spacial score (nSPS) is 20.5. The van der Waals surface area contributed by atoms with Gasteiger partial charge in [0.2, 0.25) is 11.8 Å². The molecule has 1 aromatic heterocycles. The summed E-state index contributed by atoms with van der Waals surface area (Å²) in [5, 5.41) is 0. The van der Waals surface area contributed by atoms with Crippen LogP contribution in [0.1, 0.15) is 68.9 Å². The molecule has 2 aromatic carbocycles. The molecule has 10 heteroatoms. The van der Waals surface area contributed by atoms with E-state index in [4.69, 9.17) is 4.74 Å². The minimum atomic E-state index is -4.10. The van der Waals surface area contributed by atoms with E-state index in [1.807, 2.05) is 36.9 Å². The van der Waals surface area contributed by atoms with E-state index < -0.39 is 16.1 Å². The zero-order valence-corrected chi connectivity index (χ0v) is 27.7. The molecule has 2 aliphatic rings. The number of fused-ring (bicyclic) bond motifs is 6. The smallest absolute Gasteiger partial charge is 0.264 e. The molecule has 0 spiro atoms. The van der Waals surface area contributed by atoms with Gasteiger partial charge in [-0.1, -0.05) is 58.9 Å². The van der Waals surface area contributed by atoms with Gasteiger partial charge in [0.15, 0.2) is 0 Å². The van der Waals surface area contributed by atoms with Crippen LogP contribution < -0.4 is 9.46 Å². The number of ether oxygens (including phenoxy) is 1. The predicted octanol–water partition coefficient (Wildman–Crippen LogP) is 5.93. The van der Waals surface area contributed by atoms with Crippen molar-refractivity contribution in [2.24, 2.45) is 11.3 Å². The maximum Gasteiger partial charge on any atom is 0.264 e. The number of amides is 1. The van der Waals surface area contributed by atoms with Gasteiger partial charge >= 0.3 is 0 Å². The lowest BCUT2D eigenvalue weighted by Gasteiger charge is -2.36. The lowest BCUT2D eigenvalue weighted by Crippen LogP contribution is -2.50. The predicted molar refractivity (Wildman–Crippen MR) is 173 cm³/mol. The van der Waals surface area contributed by atoms with Crippen molar-refractivity contribution in [2.45, 2.75) is 78.3 Å². The molecule has 6 bridgehead atoms. The first-order valence-electron chi connectivity index (χ1n) is 15.5. The topological polar surface area (TPSA) is 105 Å². The first-order valence-corrected chi connectivity index (χ1v) is 17.0. The van der Waals surface area contributed by atoms with Crippen molar-refractivity contribution in [2.75, 3.05) is 30.9 Å². The number of benzene rings is 2. The molecular weight excluding hydrogens is 574 g/mol. The summed E-state index contributed by atoms with van der Waals surface area (Å²) < 4.78 is 36.5. The minimum Gasteiger partial charge on any atom is -0.471 e. The van der Waals surface area contributed by atoms with Gasteiger partial charge in [-0.05, 0) is 73.9 Å². The van der Waals surface area contributed by atoms with Crippen molar-refractivity contribution in [3.8, 4) is 17.1 Å².